The summed E-state index contributed by atoms with van der Waals surface area (Å²) in [4.78, 5) is 27.9. The van der Waals surface area contributed by atoms with Gasteiger partial charge >= 0.3 is 5.97 Å². The predicted octanol–water partition coefficient (Wildman–Crippen LogP) is 6.01. The molecular weight excluding hydrogens is 396 g/mol. The summed E-state index contributed by atoms with van der Waals surface area (Å²) in [6, 6.07) is 13.0. The molecule has 1 heterocycles. The number of carboxylic acids is 1. The van der Waals surface area contributed by atoms with E-state index in [4.69, 9.17) is 5.11 Å². The Morgan fingerprint density at radius 1 is 1.17 bits per heavy atom. The maximum absolute atomic E-state index is 12.2. The average molecular weight is 421 g/mol. The van der Waals surface area contributed by atoms with Gasteiger partial charge in [0.05, 0.1) is 12.1 Å². The highest BCUT2D eigenvalue weighted by Crippen LogP contribution is 2.26. The Morgan fingerprint density at radius 3 is 2.60 bits per heavy atom. The molecule has 3 aromatic rings. The molecular formula is C24H24N2O3S. The van der Waals surface area contributed by atoms with E-state index in [0.717, 1.165) is 22.0 Å². The second kappa shape index (κ2) is 9.50. The van der Waals surface area contributed by atoms with E-state index in [9.17, 15) is 9.59 Å². The number of hydrogen-bond acceptors (Lipinski definition) is 5. The first-order valence-electron chi connectivity index (χ1n) is 9.68. The molecule has 0 aliphatic carbocycles. The van der Waals surface area contributed by atoms with Gasteiger partial charge in [0.25, 0.3) is 0 Å². The summed E-state index contributed by atoms with van der Waals surface area (Å²) in [6.45, 7) is 5.70. The van der Waals surface area contributed by atoms with E-state index >= 15 is 0 Å². The van der Waals surface area contributed by atoms with Gasteiger partial charge in [0.1, 0.15) is 5.01 Å². The quantitative estimate of drug-likeness (QED) is 0.436. The zero-order valence-electron chi connectivity index (χ0n) is 17.2. The molecule has 0 radical (unpaired) electrons. The van der Waals surface area contributed by atoms with Crippen molar-refractivity contribution in [3.05, 3.63) is 75.2 Å². The highest BCUT2D eigenvalue weighted by Gasteiger charge is 2.15. The number of aliphatic carboxylic acids is 1. The standard InChI is InChI=1S/C24H24N2O3S/c1-15(2)21-14-30-22(26-21)11-10-17-6-4-8-19(12-17)25-20-9-5-7-18(13-23(28)29)24(20)16(3)27/h4-12,14-15,25H,13H2,1-3H3,(H,28,29)/b11-10+. The largest absolute Gasteiger partial charge is 0.481 e. The first-order valence-corrected chi connectivity index (χ1v) is 10.6. The number of thiazole rings is 1. The molecule has 0 amide bonds. The topological polar surface area (TPSA) is 79.3 Å². The van der Waals surface area contributed by atoms with Crippen LogP contribution in [0.15, 0.2) is 47.8 Å². The summed E-state index contributed by atoms with van der Waals surface area (Å²) < 4.78 is 0. The van der Waals surface area contributed by atoms with Crippen molar-refractivity contribution in [2.45, 2.75) is 33.1 Å². The monoisotopic (exact) mass is 420 g/mol. The van der Waals surface area contributed by atoms with Crippen LogP contribution < -0.4 is 5.32 Å². The van der Waals surface area contributed by atoms with Gasteiger partial charge in [-0.25, -0.2) is 4.98 Å². The minimum absolute atomic E-state index is 0.171. The van der Waals surface area contributed by atoms with Crippen molar-refractivity contribution in [1.82, 2.24) is 4.98 Å². The van der Waals surface area contributed by atoms with Crippen molar-refractivity contribution in [1.29, 1.82) is 0 Å². The number of rotatable bonds is 8. The van der Waals surface area contributed by atoms with E-state index in [2.05, 4.69) is 29.5 Å². The summed E-state index contributed by atoms with van der Waals surface area (Å²) in [6.07, 6.45) is 3.80. The van der Waals surface area contributed by atoms with E-state index in [-0.39, 0.29) is 12.2 Å². The van der Waals surface area contributed by atoms with Gasteiger partial charge < -0.3 is 10.4 Å². The number of benzene rings is 2. The number of hydrogen-bond donors (Lipinski definition) is 2. The van der Waals surface area contributed by atoms with Crippen molar-refractivity contribution in [2.24, 2.45) is 0 Å². The molecule has 1 aromatic heterocycles. The highest BCUT2D eigenvalue weighted by molar-refractivity contribution is 7.10. The molecule has 3 rings (SSSR count). The Bertz CT molecular complexity index is 1100. The SMILES string of the molecule is CC(=O)c1c(CC(=O)O)cccc1Nc1cccc(/C=C/c2nc(C(C)C)cs2)c1. The van der Waals surface area contributed by atoms with E-state index in [1.165, 1.54) is 6.92 Å². The fourth-order valence-electron chi connectivity index (χ4n) is 3.12. The van der Waals surface area contributed by atoms with Gasteiger partial charge in [-0.15, -0.1) is 11.3 Å². The predicted molar refractivity (Wildman–Crippen MR) is 123 cm³/mol. The van der Waals surface area contributed by atoms with Crippen LogP contribution >= 0.6 is 11.3 Å². The van der Waals surface area contributed by atoms with Crippen molar-refractivity contribution in [2.75, 3.05) is 5.32 Å². The van der Waals surface area contributed by atoms with Crippen LogP contribution in [0, 0.1) is 0 Å². The fraction of sp³-hybridized carbons (Fsp3) is 0.208. The Labute approximate surface area is 180 Å². The van der Waals surface area contributed by atoms with Gasteiger partial charge in [-0.3, -0.25) is 9.59 Å². The average Bonchev–Trinajstić information content (AvgIpc) is 3.15. The lowest BCUT2D eigenvalue weighted by Crippen LogP contribution is -2.09. The van der Waals surface area contributed by atoms with Gasteiger partial charge in [0.2, 0.25) is 0 Å². The lowest BCUT2D eigenvalue weighted by atomic mass is 9.99. The van der Waals surface area contributed by atoms with Crippen LogP contribution in [0.1, 0.15) is 58.9 Å². The molecule has 2 N–H and O–H groups in total. The molecule has 0 spiro atoms. The molecule has 0 aliphatic heterocycles. The summed E-state index contributed by atoms with van der Waals surface area (Å²) in [5, 5.41) is 15.4. The third-order valence-corrected chi connectivity index (χ3v) is 5.39. The summed E-state index contributed by atoms with van der Waals surface area (Å²) >= 11 is 1.62. The van der Waals surface area contributed by atoms with Crippen LogP contribution in [0.4, 0.5) is 11.4 Å². The number of aromatic nitrogens is 1. The highest BCUT2D eigenvalue weighted by atomic mass is 32.1. The number of anilines is 2. The van der Waals surface area contributed by atoms with Crippen LogP contribution in [0.5, 0.6) is 0 Å². The molecule has 0 saturated heterocycles. The Balaban J connectivity index is 1.84. The van der Waals surface area contributed by atoms with Gasteiger partial charge in [0.15, 0.2) is 5.78 Å². The number of nitrogens with one attached hydrogen (secondary N) is 1. The number of ketones is 1. The van der Waals surface area contributed by atoms with E-state index in [1.807, 2.05) is 36.4 Å². The molecule has 30 heavy (non-hydrogen) atoms. The summed E-state index contributed by atoms with van der Waals surface area (Å²) in [5.41, 5.74) is 4.41. The number of carbonyl (C=O) groups excluding carboxylic acids is 1. The lowest BCUT2D eigenvalue weighted by Gasteiger charge is -2.14. The fourth-order valence-corrected chi connectivity index (χ4v) is 3.99. The molecule has 5 nitrogen and oxygen atoms in total. The van der Waals surface area contributed by atoms with Crippen molar-refractivity contribution >= 4 is 46.6 Å². The number of carboxylic acid groups (broad SMARTS) is 1. The van der Waals surface area contributed by atoms with Crippen LogP contribution in [-0.2, 0) is 11.2 Å². The lowest BCUT2D eigenvalue weighted by molar-refractivity contribution is -0.136. The van der Waals surface area contributed by atoms with E-state index < -0.39 is 5.97 Å². The van der Waals surface area contributed by atoms with Gasteiger partial charge in [-0.05, 0) is 48.2 Å². The second-order valence-corrected chi connectivity index (χ2v) is 8.21. The maximum atomic E-state index is 12.2. The number of Topliss-reactive ketones (excluding diaryl/α,β-unsaturated/α-hetero) is 1. The van der Waals surface area contributed by atoms with Gasteiger partial charge in [-0.1, -0.05) is 44.2 Å². The first kappa shape index (κ1) is 21.5. The second-order valence-electron chi connectivity index (χ2n) is 7.32. The minimum Gasteiger partial charge on any atom is -0.481 e. The third-order valence-electron chi connectivity index (χ3n) is 4.56. The first-order chi connectivity index (χ1) is 14.3. The molecule has 0 fully saturated rings. The van der Waals surface area contributed by atoms with Crippen LogP contribution in [-0.4, -0.2) is 21.8 Å². The smallest absolute Gasteiger partial charge is 0.307 e. The normalized spacial score (nSPS) is 11.2. The van der Waals surface area contributed by atoms with Crippen LogP contribution in [0.2, 0.25) is 0 Å². The maximum Gasteiger partial charge on any atom is 0.307 e. The minimum atomic E-state index is -0.968. The van der Waals surface area contributed by atoms with E-state index in [0.29, 0.717) is 22.7 Å². The Hall–Kier alpha value is -3.25. The molecule has 0 atom stereocenters. The molecule has 2 aromatic carbocycles. The van der Waals surface area contributed by atoms with Gasteiger partial charge in [-0.2, -0.15) is 0 Å². The Morgan fingerprint density at radius 2 is 1.93 bits per heavy atom. The zero-order valence-corrected chi connectivity index (χ0v) is 18.0. The Kier molecular flexibility index (Phi) is 6.79. The van der Waals surface area contributed by atoms with Crippen LogP contribution in [0.25, 0.3) is 12.2 Å². The molecule has 0 saturated carbocycles. The van der Waals surface area contributed by atoms with Crippen LogP contribution in [0.3, 0.4) is 0 Å². The van der Waals surface area contributed by atoms with Crippen molar-refractivity contribution in [3.63, 3.8) is 0 Å². The van der Waals surface area contributed by atoms with Crippen molar-refractivity contribution < 1.29 is 14.7 Å². The molecule has 154 valence electrons. The molecule has 0 bridgehead atoms. The zero-order chi connectivity index (χ0) is 21.7. The summed E-state index contributed by atoms with van der Waals surface area (Å²) in [7, 11) is 0. The number of carbonyl (C=O) groups is 2. The molecule has 6 heteroatoms. The summed E-state index contributed by atoms with van der Waals surface area (Å²) in [5.74, 6) is -0.733. The molecule has 0 aliphatic rings. The van der Waals surface area contributed by atoms with Gasteiger partial charge in [0, 0.05) is 22.3 Å². The van der Waals surface area contributed by atoms with Crippen molar-refractivity contribution in [3.8, 4) is 0 Å². The van der Waals surface area contributed by atoms with E-state index in [1.54, 1.807) is 29.5 Å². The molecule has 0 unspecified atom stereocenters. The third kappa shape index (κ3) is 5.42. The number of nitrogens with zero attached hydrogens (tertiary/aromatic N) is 1.